The van der Waals surface area contributed by atoms with E-state index in [2.05, 4.69) is 4.74 Å². The van der Waals surface area contributed by atoms with Gasteiger partial charge in [0.05, 0.1) is 20.5 Å². The fraction of sp³-hybridized carbons (Fsp3) is 0.462. The maximum absolute atomic E-state index is 13.6. The quantitative estimate of drug-likeness (QED) is 0.163. The van der Waals surface area contributed by atoms with Crippen molar-refractivity contribution in [2.45, 2.75) is 33.3 Å². The van der Waals surface area contributed by atoms with Crippen LogP contribution in [0.15, 0.2) is 28.0 Å². The molecule has 19 heteroatoms. The second-order valence-electron chi connectivity index (χ2n) is 5.54. The van der Waals surface area contributed by atoms with E-state index in [0.717, 1.165) is 0 Å². The van der Waals surface area contributed by atoms with Crippen molar-refractivity contribution in [2.24, 2.45) is 0 Å². The van der Waals surface area contributed by atoms with Crippen LogP contribution in [0.4, 0.5) is 49.6 Å². The Kier molecular flexibility index (Phi) is 7.72. The summed E-state index contributed by atoms with van der Waals surface area (Å²) in [6.45, 7) is -2.01. The van der Waals surface area contributed by atoms with Gasteiger partial charge in [0.25, 0.3) is 15.5 Å². The molecule has 0 amide bonds. The molecule has 1 aromatic rings. The molecule has 1 rings (SSSR count). The van der Waals surface area contributed by atoms with Crippen LogP contribution in [-0.2, 0) is 19.4 Å². The normalized spacial score (nSPS) is 13.7. The number of nitrogens with zero attached hydrogens (tertiary/aromatic N) is 1. The molecule has 0 N–H and O–H groups in total. The number of thioether (sulfide) groups is 1. The molecule has 0 saturated carbocycles. The Hall–Kier alpha value is -2.31. The van der Waals surface area contributed by atoms with Gasteiger partial charge in [-0.05, 0) is 12.1 Å². The van der Waals surface area contributed by atoms with E-state index in [1.807, 2.05) is 0 Å². The fourth-order valence-corrected chi connectivity index (χ4v) is 3.82. The summed E-state index contributed by atoms with van der Waals surface area (Å²) in [6.07, 6.45) is -11.9. The van der Waals surface area contributed by atoms with Crippen LogP contribution in [0, 0.1) is 10.1 Å². The van der Waals surface area contributed by atoms with E-state index in [0.29, 0.717) is 6.07 Å². The zero-order chi connectivity index (χ0) is 25.3. The van der Waals surface area contributed by atoms with Gasteiger partial charge in [0, 0.05) is 6.07 Å². The van der Waals surface area contributed by atoms with Crippen molar-refractivity contribution in [1.82, 2.24) is 0 Å². The van der Waals surface area contributed by atoms with Crippen LogP contribution < -0.4 is 0 Å². The average Bonchev–Trinajstić information content (AvgIpc) is 2.62. The van der Waals surface area contributed by atoms with Crippen molar-refractivity contribution in [1.29, 1.82) is 0 Å². The highest BCUT2D eigenvalue weighted by atomic mass is 32.2. The number of hydrogen-bond donors (Lipinski definition) is 0. The minimum Gasteiger partial charge on any atom is -0.455 e. The number of nitro groups is 1. The number of halogens is 10. The molecular weight excluding hydrogens is 520 g/mol. The van der Waals surface area contributed by atoms with Gasteiger partial charge in [0.2, 0.25) is 0 Å². The average molecular weight is 527 g/mol. The highest BCUT2D eigenvalue weighted by Crippen LogP contribution is 2.51. The molecule has 0 spiro atoms. The molecule has 0 aromatic heterocycles. The fourth-order valence-electron chi connectivity index (χ4n) is 1.75. The van der Waals surface area contributed by atoms with Crippen LogP contribution in [0.2, 0.25) is 0 Å². The molecule has 0 aliphatic carbocycles. The molecule has 0 saturated heterocycles. The minimum atomic E-state index is -7.07. The molecule has 0 fully saturated rings. The largest absolute Gasteiger partial charge is 0.461 e. The Labute approximate surface area is 174 Å². The van der Waals surface area contributed by atoms with Crippen molar-refractivity contribution >= 4 is 33.3 Å². The van der Waals surface area contributed by atoms with E-state index < -0.39 is 72.1 Å². The summed E-state index contributed by atoms with van der Waals surface area (Å²) in [5.74, 6) is -9.64. The predicted molar refractivity (Wildman–Crippen MR) is 84.0 cm³/mol. The first-order chi connectivity index (χ1) is 14.1. The Morgan fingerprint density at radius 1 is 1.03 bits per heavy atom. The Bertz CT molecular complexity index is 990. The lowest BCUT2D eigenvalue weighted by molar-refractivity contribution is -0.388. The molecule has 0 unspecified atom stereocenters. The molecular formula is C13H7F10NO6S2. The molecule has 0 aliphatic heterocycles. The first-order valence-electron chi connectivity index (χ1n) is 7.36. The zero-order valence-corrected chi connectivity index (χ0v) is 16.3. The number of carbonyl (C=O) groups is 1. The summed E-state index contributed by atoms with van der Waals surface area (Å²) in [4.78, 5) is 18.1. The van der Waals surface area contributed by atoms with Crippen LogP contribution >= 0.6 is 11.8 Å². The van der Waals surface area contributed by atoms with Crippen LogP contribution in [0.3, 0.4) is 0 Å². The lowest BCUT2D eigenvalue weighted by Gasteiger charge is -2.27. The first-order valence-corrected chi connectivity index (χ1v) is 9.82. The van der Waals surface area contributed by atoms with Gasteiger partial charge in [0.15, 0.2) is 6.61 Å². The van der Waals surface area contributed by atoms with Crippen LogP contribution in [0.5, 0.6) is 0 Å². The second kappa shape index (κ2) is 8.91. The van der Waals surface area contributed by atoms with Crippen molar-refractivity contribution in [3.05, 3.63) is 28.3 Å². The number of nitro benzene ring substituents is 1. The number of sulfone groups is 1. The predicted octanol–water partition coefficient (Wildman–Crippen LogP) is 4.36. The highest BCUT2D eigenvalue weighted by molar-refractivity contribution is 8.00. The Morgan fingerprint density at radius 3 is 2.00 bits per heavy atom. The Balaban J connectivity index is 3.28. The molecule has 7 nitrogen and oxygen atoms in total. The molecule has 0 radical (unpaired) electrons. The van der Waals surface area contributed by atoms with Gasteiger partial charge in [-0.25, -0.2) is 8.42 Å². The number of benzene rings is 1. The maximum atomic E-state index is 13.6. The van der Waals surface area contributed by atoms with Crippen LogP contribution in [-0.4, -0.2) is 55.2 Å². The lowest BCUT2D eigenvalue weighted by Crippen LogP contribution is -2.55. The van der Waals surface area contributed by atoms with E-state index in [9.17, 15) is 67.2 Å². The van der Waals surface area contributed by atoms with Crippen molar-refractivity contribution in [3.8, 4) is 0 Å². The first kappa shape index (κ1) is 27.7. The van der Waals surface area contributed by atoms with Crippen LogP contribution in [0.25, 0.3) is 0 Å². The molecule has 32 heavy (non-hydrogen) atoms. The third-order valence-corrected chi connectivity index (χ3v) is 6.08. The topological polar surface area (TPSA) is 104 Å². The number of hydrogen-bond acceptors (Lipinski definition) is 7. The van der Waals surface area contributed by atoms with Crippen molar-refractivity contribution in [3.63, 3.8) is 0 Å². The van der Waals surface area contributed by atoms with Gasteiger partial charge in [-0.15, -0.1) is 11.8 Å². The smallest absolute Gasteiger partial charge is 0.455 e. The van der Waals surface area contributed by atoms with Crippen molar-refractivity contribution in [2.75, 3.05) is 12.4 Å². The molecule has 0 heterocycles. The number of rotatable bonds is 8. The minimum absolute atomic E-state index is 0.0199. The third kappa shape index (κ3) is 5.73. The summed E-state index contributed by atoms with van der Waals surface area (Å²) in [5, 5.41) is 4.26. The monoisotopic (exact) mass is 527 g/mol. The summed E-state index contributed by atoms with van der Waals surface area (Å²) in [6, 6.07) is 0.0691. The van der Waals surface area contributed by atoms with E-state index in [1.165, 1.54) is 0 Å². The molecule has 182 valence electrons. The number of esters is 1. The SMILES string of the molecule is O=C(CSc1ccc(S(=O)(=O)C(F)(F)C(F)(F)C(F)(F)F)cc1[N+](=O)[O-])OCC(F)(F)F. The molecule has 0 bridgehead atoms. The van der Waals surface area contributed by atoms with E-state index in [-0.39, 0.29) is 23.9 Å². The lowest BCUT2D eigenvalue weighted by atomic mass is 10.3. The van der Waals surface area contributed by atoms with Gasteiger partial charge < -0.3 is 4.74 Å². The number of alkyl halides is 10. The molecule has 0 aliphatic rings. The van der Waals surface area contributed by atoms with Gasteiger partial charge in [0.1, 0.15) is 0 Å². The number of carbonyl (C=O) groups excluding carboxylic acids is 1. The molecule has 0 atom stereocenters. The van der Waals surface area contributed by atoms with E-state index in [4.69, 9.17) is 0 Å². The summed E-state index contributed by atoms with van der Waals surface area (Å²) >= 11 is 0.0767. The zero-order valence-electron chi connectivity index (χ0n) is 14.6. The summed E-state index contributed by atoms with van der Waals surface area (Å²) < 4.78 is 153. The van der Waals surface area contributed by atoms with E-state index >= 15 is 0 Å². The van der Waals surface area contributed by atoms with Gasteiger partial charge in [-0.1, -0.05) is 0 Å². The highest BCUT2D eigenvalue weighted by Gasteiger charge is 2.78. The van der Waals surface area contributed by atoms with Gasteiger partial charge in [-0.2, -0.15) is 43.9 Å². The summed E-state index contributed by atoms with van der Waals surface area (Å²) in [7, 11) is -6.84. The van der Waals surface area contributed by atoms with Crippen LogP contribution in [0.1, 0.15) is 0 Å². The maximum Gasteiger partial charge on any atom is 0.461 e. The van der Waals surface area contributed by atoms with E-state index in [1.54, 1.807) is 0 Å². The third-order valence-electron chi connectivity index (χ3n) is 3.24. The van der Waals surface area contributed by atoms with Gasteiger partial charge in [-0.3, -0.25) is 14.9 Å². The molecule has 1 aromatic carbocycles. The second-order valence-corrected chi connectivity index (χ2v) is 8.55. The summed E-state index contributed by atoms with van der Waals surface area (Å²) in [5.41, 5.74) is -1.43. The van der Waals surface area contributed by atoms with Gasteiger partial charge >= 0.3 is 29.5 Å². The Morgan fingerprint density at radius 2 is 1.56 bits per heavy atom. The van der Waals surface area contributed by atoms with Crippen molar-refractivity contribution < 1.29 is 66.8 Å². The standard InChI is InChI=1S/C13H7F10NO6S2/c14-10(15,16)5-30-9(25)4-31-8-2-1-6(3-7(8)24(26)27)32(28,29)13(22,23)11(17,18)12(19,20)21/h1-3H,4-5H2. The number of ether oxygens (including phenoxy) is 1.